The first-order chi connectivity index (χ1) is 19.4. The first-order valence-corrected chi connectivity index (χ1v) is 14.7. The van der Waals surface area contributed by atoms with E-state index in [4.69, 9.17) is 9.47 Å². The number of hydrogen-bond donors (Lipinski definition) is 2. The van der Waals surface area contributed by atoms with Gasteiger partial charge in [0.05, 0.1) is 25.2 Å². The van der Waals surface area contributed by atoms with Gasteiger partial charge in [0, 0.05) is 12.5 Å². The lowest BCUT2D eigenvalue weighted by atomic mass is 9.79. The second kappa shape index (κ2) is 12.2. The highest BCUT2D eigenvalue weighted by molar-refractivity contribution is 7.20. The number of nitrogens with zero attached hydrogens (tertiary/aromatic N) is 2. The van der Waals surface area contributed by atoms with E-state index in [9.17, 15) is 29.4 Å². The van der Waals surface area contributed by atoms with Crippen LogP contribution in [0.4, 0.5) is 0 Å². The molecule has 0 amide bonds. The summed E-state index contributed by atoms with van der Waals surface area (Å²) in [6.45, 7) is 6.19. The van der Waals surface area contributed by atoms with E-state index in [1.807, 2.05) is 24.3 Å². The van der Waals surface area contributed by atoms with E-state index in [0.29, 0.717) is 41.3 Å². The number of para-hydroxylation sites is 1. The van der Waals surface area contributed by atoms with Gasteiger partial charge in [0.2, 0.25) is 0 Å². The number of thiophene rings is 1. The van der Waals surface area contributed by atoms with Crippen LogP contribution in [0.1, 0.15) is 79.6 Å². The third-order valence-electron chi connectivity index (χ3n) is 8.17. The molecule has 0 saturated heterocycles. The van der Waals surface area contributed by atoms with Gasteiger partial charge in [-0.3, -0.25) is 9.36 Å². The van der Waals surface area contributed by atoms with E-state index >= 15 is 0 Å². The molecule has 2 aromatic heterocycles. The Balaban J connectivity index is 1.97. The van der Waals surface area contributed by atoms with E-state index in [0.717, 1.165) is 34.3 Å². The zero-order valence-corrected chi connectivity index (χ0v) is 25.0. The molecule has 2 heterocycles. The van der Waals surface area contributed by atoms with Crippen LogP contribution in [0.25, 0.3) is 10.2 Å². The van der Waals surface area contributed by atoms with Gasteiger partial charge in [-0.1, -0.05) is 18.2 Å². The van der Waals surface area contributed by atoms with Gasteiger partial charge in [0.25, 0.3) is 5.56 Å². The first kappa shape index (κ1) is 30.5. The van der Waals surface area contributed by atoms with Crippen molar-refractivity contribution in [3.8, 4) is 5.75 Å². The third-order valence-corrected chi connectivity index (χ3v) is 9.47. The number of aliphatic hydroxyl groups is 1. The Morgan fingerprint density at radius 3 is 2.41 bits per heavy atom. The number of aryl methyl sites for hydroxylation is 1. The summed E-state index contributed by atoms with van der Waals surface area (Å²) in [5.74, 6) is -1.22. The van der Waals surface area contributed by atoms with Gasteiger partial charge in [-0.25, -0.2) is 19.0 Å². The highest BCUT2D eigenvalue weighted by Crippen LogP contribution is 2.38. The van der Waals surface area contributed by atoms with E-state index in [1.54, 1.807) is 21.0 Å². The van der Waals surface area contributed by atoms with Crippen molar-refractivity contribution in [2.24, 2.45) is 5.92 Å². The van der Waals surface area contributed by atoms with Gasteiger partial charge < -0.3 is 19.7 Å². The minimum Gasteiger partial charge on any atom is -0.496 e. The van der Waals surface area contributed by atoms with Crippen molar-refractivity contribution in [3.05, 3.63) is 61.1 Å². The zero-order chi connectivity index (χ0) is 30.1. The van der Waals surface area contributed by atoms with E-state index in [-0.39, 0.29) is 35.4 Å². The predicted octanol–water partition coefficient (Wildman–Crippen LogP) is 4.26. The van der Waals surface area contributed by atoms with Gasteiger partial charge in [0.1, 0.15) is 21.0 Å². The zero-order valence-electron chi connectivity index (χ0n) is 24.1. The van der Waals surface area contributed by atoms with Crippen LogP contribution in [0.3, 0.4) is 0 Å². The fourth-order valence-corrected chi connectivity index (χ4v) is 6.99. The number of fused-ring (bicyclic) bond motifs is 1. The highest BCUT2D eigenvalue weighted by atomic mass is 32.1. The molecular formula is C30H38N2O8S. The number of carboxylic acid groups (broad SMARTS) is 1. The Morgan fingerprint density at radius 2 is 1.80 bits per heavy atom. The molecule has 1 aliphatic carbocycles. The van der Waals surface area contributed by atoms with E-state index in [1.165, 1.54) is 18.4 Å². The van der Waals surface area contributed by atoms with Crippen LogP contribution in [0.5, 0.6) is 5.75 Å². The van der Waals surface area contributed by atoms with Crippen molar-refractivity contribution < 1.29 is 29.3 Å². The Bertz CT molecular complexity index is 1560. The molecule has 1 aliphatic rings. The van der Waals surface area contributed by atoms with Gasteiger partial charge in [-0.15, -0.1) is 11.3 Å². The standard InChI is InChI=1S/C30H38N2O8S/c1-6-40-27(35)24-17(2)23-25(34)32(30(3,4)28(36)37)29(38)31(26(23)41-24)16-19(15-18-11-13-20(33)14-12-18)21-9-7-8-10-22(21)39-5/h7-10,18-20,33H,6,11-16H2,1-5H3,(H,36,37)/t18-,19-,20-/m0/s1. The van der Waals surface area contributed by atoms with Gasteiger partial charge >= 0.3 is 17.6 Å². The normalized spacial score (nSPS) is 18.3. The maximum atomic E-state index is 14.1. The molecule has 0 bridgehead atoms. The second-order valence-electron chi connectivity index (χ2n) is 11.2. The molecule has 1 fully saturated rings. The average Bonchev–Trinajstić information content (AvgIpc) is 3.28. The largest absolute Gasteiger partial charge is 0.496 e. The Morgan fingerprint density at radius 1 is 1.15 bits per heavy atom. The van der Waals surface area contributed by atoms with Gasteiger partial charge in [-0.2, -0.15) is 0 Å². The van der Waals surface area contributed by atoms with E-state index < -0.39 is 28.7 Å². The summed E-state index contributed by atoms with van der Waals surface area (Å²) in [4.78, 5) is 53.5. The van der Waals surface area contributed by atoms with Gasteiger partial charge in [0.15, 0.2) is 0 Å². The number of benzene rings is 1. The van der Waals surface area contributed by atoms with Crippen LogP contribution >= 0.6 is 11.3 Å². The van der Waals surface area contributed by atoms with Gasteiger partial charge in [-0.05, 0) is 82.9 Å². The summed E-state index contributed by atoms with van der Waals surface area (Å²) < 4.78 is 13.1. The molecule has 0 spiro atoms. The molecule has 2 N–H and O–H groups in total. The molecule has 3 aromatic rings. The number of esters is 1. The molecule has 1 atom stereocenters. The fourth-order valence-electron chi connectivity index (χ4n) is 5.79. The number of carbonyl (C=O) groups excluding carboxylic acids is 1. The summed E-state index contributed by atoms with van der Waals surface area (Å²) in [7, 11) is 1.58. The molecular weight excluding hydrogens is 548 g/mol. The van der Waals surface area contributed by atoms with Crippen molar-refractivity contribution in [3.63, 3.8) is 0 Å². The first-order valence-electron chi connectivity index (χ1n) is 13.9. The molecule has 0 radical (unpaired) electrons. The third kappa shape index (κ3) is 5.83. The number of aliphatic carboxylic acids is 1. The molecule has 1 aromatic carbocycles. The lowest BCUT2D eigenvalue weighted by Gasteiger charge is -2.30. The number of rotatable bonds is 10. The smallest absolute Gasteiger partial charge is 0.348 e. The van der Waals surface area contributed by atoms with Crippen LogP contribution in [0.2, 0.25) is 0 Å². The minimum absolute atomic E-state index is 0.131. The maximum absolute atomic E-state index is 14.1. The maximum Gasteiger partial charge on any atom is 0.348 e. The summed E-state index contributed by atoms with van der Waals surface area (Å²) in [6, 6.07) is 7.57. The number of carboxylic acids is 1. The SMILES string of the molecule is CCOC(=O)c1sc2c(c1C)c(=O)n(C(C)(C)C(=O)O)c(=O)n2C[C@H](C[C@H]1CC[C@H](O)CC1)c1ccccc1OC. The Labute approximate surface area is 242 Å². The van der Waals surface area contributed by atoms with Crippen molar-refractivity contribution in [1.29, 1.82) is 0 Å². The summed E-state index contributed by atoms with van der Waals surface area (Å²) in [5, 5.41) is 20.2. The van der Waals surface area contributed by atoms with Crippen LogP contribution in [-0.2, 0) is 21.6 Å². The van der Waals surface area contributed by atoms with E-state index in [2.05, 4.69) is 0 Å². The molecule has 41 heavy (non-hydrogen) atoms. The number of methoxy groups -OCH3 is 1. The second-order valence-corrected chi connectivity index (χ2v) is 12.2. The molecule has 0 aliphatic heterocycles. The molecule has 0 unspecified atom stereocenters. The van der Waals surface area contributed by atoms with Crippen molar-refractivity contribution in [1.82, 2.24) is 9.13 Å². The lowest BCUT2D eigenvalue weighted by molar-refractivity contribution is -0.146. The van der Waals surface area contributed by atoms with Crippen LogP contribution < -0.4 is 16.0 Å². The highest BCUT2D eigenvalue weighted by Gasteiger charge is 2.36. The number of hydrogen-bond acceptors (Lipinski definition) is 8. The number of ether oxygens (including phenoxy) is 2. The lowest BCUT2D eigenvalue weighted by Crippen LogP contribution is -2.52. The minimum atomic E-state index is -1.85. The molecule has 10 nitrogen and oxygen atoms in total. The van der Waals surface area contributed by atoms with Crippen LogP contribution in [-0.4, -0.2) is 51.1 Å². The van der Waals surface area contributed by atoms with Crippen molar-refractivity contribution >= 4 is 33.5 Å². The monoisotopic (exact) mass is 586 g/mol. The van der Waals surface area contributed by atoms with Crippen molar-refractivity contribution in [2.45, 2.75) is 83.9 Å². The number of aliphatic hydroxyl groups excluding tert-OH is 1. The predicted molar refractivity (Wildman–Crippen MR) is 156 cm³/mol. The quantitative estimate of drug-likeness (QED) is 0.336. The molecule has 1 saturated carbocycles. The summed E-state index contributed by atoms with van der Waals surface area (Å²) >= 11 is 1.01. The average molecular weight is 587 g/mol. The molecule has 11 heteroatoms. The molecule has 222 valence electrons. The van der Waals surface area contributed by atoms with Crippen LogP contribution in [0.15, 0.2) is 33.9 Å². The fraction of sp³-hybridized carbons (Fsp3) is 0.533. The molecule has 4 rings (SSSR count). The Kier molecular flexibility index (Phi) is 9.08. The van der Waals surface area contributed by atoms with Crippen LogP contribution in [0, 0.1) is 12.8 Å². The number of carbonyl (C=O) groups is 2. The summed E-state index contributed by atoms with van der Waals surface area (Å²) in [6.07, 6.45) is 3.48. The topological polar surface area (TPSA) is 137 Å². The Hall–Kier alpha value is -3.44. The number of aromatic nitrogens is 2. The van der Waals surface area contributed by atoms with Crippen molar-refractivity contribution in [2.75, 3.05) is 13.7 Å². The summed E-state index contributed by atoms with van der Waals surface area (Å²) in [5.41, 5.74) is -2.12.